The number of rotatable bonds is 4. The average molecular weight is 265 g/mol. The summed E-state index contributed by atoms with van der Waals surface area (Å²) >= 11 is 3.07. The molecule has 1 aromatic carbocycles. The van der Waals surface area contributed by atoms with E-state index in [0.29, 0.717) is 11.1 Å². The van der Waals surface area contributed by atoms with E-state index in [1.54, 1.807) is 0 Å². The zero-order valence-electron chi connectivity index (χ0n) is 7.82. The van der Waals surface area contributed by atoms with E-state index in [2.05, 4.69) is 15.9 Å². The fourth-order valence-electron chi connectivity index (χ4n) is 0.964. The molecule has 0 aliphatic heterocycles. The summed E-state index contributed by atoms with van der Waals surface area (Å²) < 4.78 is 31.5. The lowest BCUT2D eigenvalue weighted by Crippen LogP contribution is -2.00. The lowest BCUT2D eigenvalue weighted by Gasteiger charge is -2.07. The molecule has 1 aromatic rings. The Morgan fingerprint density at radius 3 is 2.71 bits per heavy atom. The van der Waals surface area contributed by atoms with Gasteiger partial charge in [-0.1, -0.05) is 29.3 Å². The van der Waals surface area contributed by atoms with E-state index in [1.807, 2.05) is 6.92 Å². The summed E-state index contributed by atoms with van der Waals surface area (Å²) in [6.07, 6.45) is 1.78. The Kier molecular flexibility index (Phi) is 4.32. The third kappa shape index (κ3) is 2.94. The van der Waals surface area contributed by atoms with Crippen molar-refractivity contribution in [3.05, 3.63) is 28.2 Å². The molecule has 0 saturated heterocycles. The Morgan fingerprint density at radius 1 is 1.36 bits per heavy atom. The van der Waals surface area contributed by atoms with E-state index in [1.165, 1.54) is 6.07 Å². The minimum atomic E-state index is -0.927. The van der Waals surface area contributed by atoms with Gasteiger partial charge in [0.05, 0.1) is 6.61 Å². The number of hydrogen-bond acceptors (Lipinski definition) is 1. The molecule has 0 aromatic heterocycles. The van der Waals surface area contributed by atoms with Crippen LogP contribution < -0.4 is 4.74 Å². The van der Waals surface area contributed by atoms with Gasteiger partial charge in [-0.3, -0.25) is 0 Å². The number of unbranched alkanes of at least 4 members (excludes halogenated alkanes) is 1. The molecule has 0 aliphatic carbocycles. The Balaban J connectivity index is 2.75. The lowest BCUT2D eigenvalue weighted by atomic mass is 10.3. The van der Waals surface area contributed by atoms with Crippen molar-refractivity contribution < 1.29 is 13.5 Å². The van der Waals surface area contributed by atoms with Gasteiger partial charge in [-0.05, 0) is 18.6 Å². The number of ether oxygens (including phenoxy) is 1. The highest BCUT2D eigenvalue weighted by Gasteiger charge is 2.10. The van der Waals surface area contributed by atoms with Crippen LogP contribution in [0.4, 0.5) is 8.78 Å². The normalized spacial score (nSPS) is 10.3. The molecular formula is C10H11BrF2O. The van der Waals surface area contributed by atoms with Crippen molar-refractivity contribution >= 4 is 15.9 Å². The molecule has 4 heteroatoms. The molecule has 0 unspecified atom stereocenters. The molecule has 0 radical (unpaired) electrons. The van der Waals surface area contributed by atoms with Gasteiger partial charge in [0.1, 0.15) is 0 Å². The molecule has 0 atom stereocenters. The van der Waals surface area contributed by atoms with Crippen molar-refractivity contribution in [2.75, 3.05) is 6.61 Å². The van der Waals surface area contributed by atoms with Crippen LogP contribution in [0.1, 0.15) is 19.8 Å². The van der Waals surface area contributed by atoms with Crippen LogP contribution in [0.5, 0.6) is 5.75 Å². The van der Waals surface area contributed by atoms with E-state index in [-0.39, 0.29) is 5.75 Å². The van der Waals surface area contributed by atoms with Crippen LogP contribution in [0, 0.1) is 11.6 Å². The average Bonchev–Trinajstić information content (AvgIpc) is 2.13. The van der Waals surface area contributed by atoms with Gasteiger partial charge in [0.25, 0.3) is 0 Å². The van der Waals surface area contributed by atoms with Gasteiger partial charge in [-0.2, -0.15) is 4.39 Å². The van der Waals surface area contributed by atoms with Crippen molar-refractivity contribution in [1.82, 2.24) is 0 Å². The second-order valence-electron chi connectivity index (χ2n) is 2.90. The third-order valence-corrected chi connectivity index (χ3v) is 2.17. The first-order valence-electron chi connectivity index (χ1n) is 4.42. The smallest absolute Gasteiger partial charge is 0.200 e. The maximum absolute atomic E-state index is 13.1. The fourth-order valence-corrected chi connectivity index (χ4v) is 1.37. The molecule has 0 fully saturated rings. The summed E-state index contributed by atoms with van der Waals surface area (Å²) in [4.78, 5) is 0. The van der Waals surface area contributed by atoms with Crippen LogP contribution in [0.3, 0.4) is 0 Å². The lowest BCUT2D eigenvalue weighted by molar-refractivity contribution is 0.288. The summed E-state index contributed by atoms with van der Waals surface area (Å²) in [5, 5.41) is 0. The van der Waals surface area contributed by atoms with Crippen LogP contribution in [0.15, 0.2) is 16.6 Å². The van der Waals surface area contributed by atoms with Crippen LogP contribution >= 0.6 is 15.9 Å². The highest BCUT2D eigenvalue weighted by molar-refractivity contribution is 9.10. The van der Waals surface area contributed by atoms with Gasteiger partial charge < -0.3 is 4.74 Å². The van der Waals surface area contributed by atoms with Crippen LogP contribution in [-0.4, -0.2) is 6.61 Å². The molecule has 1 nitrogen and oxygen atoms in total. The van der Waals surface area contributed by atoms with Gasteiger partial charge in [-0.25, -0.2) is 4.39 Å². The summed E-state index contributed by atoms with van der Waals surface area (Å²) in [5.74, 6) is -1.86. The standard InChI is InChI=1S/C10H11BrF2O/c1-2-3-4-14-9-6-7(11)5-8(12)10(9)13/h5-6H,2-4H2,1H3. The second kappa shape index (κ2) is 5.29. The van der Waals surface area contributed by atoms with E-state index in [0.717, 1.165) is 18.9 Å². The fraction of sp³-hybridized carbons (Fsp3) is 0.400. The highest BCUT2D eigenvalue weighted by atomic mass is 79.9. The predicted molar refractivity (Wildman–Crippen MR) is 54.5 cm³/mol. The molecule has 0 saturated carbocycles. The Morgan fingerprint density at radius 2 is 2.07 bits per heavy atom. The van der Waals surface area contributed by atoms with Crippen molar-refractivity contribution in [2.24, 2.45) is 0 Å². The number of hydrogen-bond donors (Lipinski definition) is 0. The van der Waals surface area contributed by atoms with E-state index in [4.69, 9.17) is 4.74 Å². The molecule has 0 aliphatic rings. The quantitative estimate of drug-likeness (QED) is 0.592. The van der Waals surface area contributed by atoms with Gasteiger partial charge in [0, 0.05) is 4.47 Å². The molecule has 0 bridgehead atoms. The molecular weight excluding hydrogens is 254 g/mol. The molecule has 0 heterocycles. The Hall–Kier alpha value is -0.640. The number of benzene rings is 1. The summed E-state index contributed by atoms with van der Waals surface area (Å²) in [6.45, 7) is 2.41. The van der Waals surface area contributed by atoms with Gasteiger partial charge >= 0.3 is 0 Å². The van der Waals surface area contributed by atoms with Crippen LogP contribution in [0.25, 0.3) is 0 Å². The minimum absolute atomic E-state index is 0.0367. The highest BCUT2D eigenvalue weighted by Crippen LogP contribution is 2.25. The Bertz CT molecular complexity index is 315. The topological polar surface area (TPSA) is 9.23 Å². The van der Waals surface area contributed by atoms with E-state index >= 15 is 0 Å². The van der Waals surface area contributed by atoms with Crippen LogP contribution in [0.2, 0.25) is 0 Å². The van der Waals surface area contributed by atoms with Crippen molar-refractivity contribution in [1.29, 1.82) is 0 Å². The minimum Gasteiger partial charge on any atom is -0.490 e. The SMILES string of the molecule is CCCCOc1cc(Br)cc(F)c1F. The van der Waals surface area contributed by atoms with Crippen molar-refractivity contribution in [3.63, 3.8) is 0 Å². The van der Waals surface area contributed by atoms with E-state index < -0.39 is 11.6 Å². The zero-order valence-corrected chi connectivity index (χ0v) is 9.40. The Labute approximate surface area is 90.2 Å². The first-order chi connectivity index (χ1) is 6.65. The van der Waals surface area contributed by atoms with Gasteiger partial charge in [-0.15, -0.1) is 0 Å². The number of halogens is 3. The largest absolute Gasteiger partial charge is 0.490 e. The molecule has 0 amide bonds. The molecule has 78 valence electrons. The van der Waals surface area contributed by atoms with E-state index in [9.17, 15) is 8.78 Å². The van der Waals surface area contributed by atoms with Crippen molar-refractivity contribution in [2.45, 2.75) is 19.8 Å². The van der Waals surface area contributed by atoms with Crippen molar-refractivity contribution in [3.8, 4) is 5.75 Å². The molecule has 1 rings (SSSR count). The van der Waals surface area contributed by atoms with Gasteiger partial charge in [0.2, 0.25) is 5.82 Å². The maximum atomic E-state index is 13.1. The molecule has 0 N–H and O–H groups in total. The zero-order chi connectivity index (χ0) is 10.6. The maximum Gasteiger partial charge on any atom is 0.200 e. The van der Waals surface area contributed by atoms with Crippen LogP contribution in [-0.2, 0) is 0 Å². The summed E-state index contributed by atoms with van der Waals surface area (Å²) in [5.41, 5.74) is 0. The first-order valence-corrected chi connectivity index (χ1v) is 5.21. The predicted octanol–water partition coefficient (Wildman–Crippen LogP) is 3.91. The molecule has 0 spiro atoms. The molecule has 14 heavy (non-hydrogen) atoms. The van der Waals surface area contributed by atoms with Gasteiger partial charge in [0.15, 0.2) is 11.6 Å². The third-order valence-electron chi connectivity index (χ3n) is 1.72. The monoisotopic (exact) mass is 264 g/mol. The first kappa shape index (κ1) is 11.4. The summed E-state index contributed by atoms with van der Waals surface area (Å²) in [7, 11) is 0. The summed E-state index contributed by atoms with van der Waals surface area (Å²) in [6, 6.07) is 2.50. The second-order valence-corrected chi connectivity index (χ2v) is 3.82.